The van der Waals surface area contributed by atoms with Crippen molar-refractivity contribution in [3.05, 3.63) is 17.7 Å². The molecule has 21 heavy (non-hydrogen) atoms. The highest BCUT2D eigenvalue weighted by atomic mass is 32.2. The van der Waals surface area contributed by atoms with E-state index in [1.165, 1.54) is 11.8 Å². The minimum atomic E-state index is -0.202. The molecule has 1 aromatic rings. The average molecular weight is 325 g/mol. The molecule has 2 heterocycles. The van der Waals surface area contributed by atoms with Gasteiger partial charge in [0.15, 0.2) is 11.5 Å². The number of methoxy groups -OCH3 is 1. The summed E-state index contributed by atoms with van der Waals surface area (Å²) >= 11 is 6.68. The van der Waals surface area contributed by atoms with Crippen LogP contribution in [-0.2, 0) is 11.2 Å². The first-order chi connectivity index (χ1) is 10.1. The van der Waals surface area contributed by atoms with Gasteiger partial charge in [0.25, 0.3) is 0 Å². The summed E-state index contributed by atoms with van der Waals surface area (Å²) in [7, 11) is 1.60. The quantitative estimate of drug-likeness (QED) is 0.791. The maximum absolute atomic E-state index is 12.3. The van der Waals surface area contributed by atoms with E-state index in [0.29, 0.717) is 34.5 Å². The van der Waals surface area contributed by atoms with Crippen LogP contribution in [0.2, 0.25) is 0 Å². The largest absolute Gasteiger partial charge is 0.496 e. The van der Waals surface area contributed by atoms with Gasteiger partial charge in [-0.25, -0.2) is 0 Å². The summed E-state index contributed by atoms with van der Waals surface area (Å²) in [4.78, 5) is 13.9. The van der Waals surface area contributed by atoms with Crippen LogP contribution in [-0.4, -0.2) is 40.8 Å². The molecule has 1 saturated heterocycles. The van der Waals surface area contributed by atoms with Crippen molar-refractivity contribution in [3.8, 4) is 17.2 Å². The SMILES string of the molecule is CCN1C(=O)[C@@H](Cc2cc3c(cc2OC)OCO3)SC1=S. The third-order valence-corrected chi connectivity index (χ3v) is 5.09. The van der Waals surface area contributed by atoms with Crippen LogP contribution < -0.4 is 14.2 Å². The summed E-state index contributed by atoms with van der Waals surface area (Å²) in [5.74, 6) is 2.13. The lowest BCUT2D eigenvalue weighted by Gasteiger charge is -2.14. The van der Waals surface area contributed by atoms with Gasteiger partial charge >= 0.3 is 0 Å². The topological polar surface area (TPSA) is 48.0 Å². The third-order valence-electron chi connectivity index (χ3n) is 3.50. The van der Waals surface area contributed by atoms with Crippen LogP contribution in [0.15, 0.2) is 12.1 Å². The summed E-state index contributed by atoms with van der Waals surface area (Å²) < 4.78 is 16.8. The first-order valence-corrected chi connectivity index (χ1v) is 7.91. The molecule has 0 bridgehead atoms. The van der Waals surface area contributed by atoms with Crippen molar-refractivity contribution in [1.29, 1.82) is 0 Å². The first kappa shape index (κ1) is 14.5. The number of hydrogen-bond acceptors (Lipinski definition) is 6. The minimum absolute atomic E-state index is 0.0622. The van der Waals surface area contributed by atoms with Gasteiger partial charge in [-0.1, -0.05) is 24.0 Å². The smallest absolute Gasteiger partial charge is 0.241 e. The molecule has 0 aromatic heterocycles. The highest BCUT2D eigenvalue weighted by Gasteiger charge is 2.36. The van der Waals surface area contributed by atoms with Crippen molar-refractivity contribution in [1.82, 2.24) is 4.90 Å². The van der Waals surface area contributed by atoms with E-state index in [1.54, 1.807) is 18.1 Å². The lowest BCUT2D eigenvalue weighted by atomic mass is 10.1. The summed E-state index contributed by atoms with van der Waals surface area (Å²) in [6.45, 7) is 2.75. The van der Waals surface area contributed by atoms with Gasteiger partial charge in [-0.3, -0.25) is 9.69 Å². The number of thioether (sulfide) groups is 1. The van der Waals surface area contributed by atoms with Crippen LogP contribution in [0.4, 0.5) is 0 Å². The number of nitrogens with zero attached hydrogens (tertiary/aromatic N) is 1. The number of rotatable bonds is 4. The fourth-order valence-electron chi connectivity index (χ4n) is 2.43. The van der Waals surface area contributed by atoms with Crippen molar-refractivity contribution in [2.75, 3.05) is 20.4 Å². The monoisotopic (exact) mass is 325 g/mol. The Labute approximate surface area is 132 Å². The Kier molecular flexibility index (Phi) is 3.95. The van der Waals surface area contributed by atoms with E-state index in [-0.39, 0.29) is 18.0 Å². The predicted octanol–water partition coefficient (Wildman–Crippen LogP) is 2.22. The van der Waals surface area contributed by atoms with Crippen LogP contribution in [0.1, 0.15) is 12.5 Å². The van der Waals surface area contributed by atoms with Crippen molar-refractivity contribution in [3.63, 3.8) is 0 Å². The summed E-state index contributed by atoms with van der Waals surface area (Å²) in [5.41, 5.74) is 0.924. The normalized spacial score (nSPS) is 20.3. The predicted molar refractivity (Wildman–Crippen MR) is 84.2 cm³/mol. The first-order valence-electron chi connectivity index (χ1n) is 6.62. The molecule has 2 aliphatic rings. The molecule has 0 saturated carbocycles. The zero-order valence-corrected chi connectivity index (χ0v) is 13.4. The van der Waals surface area contributed by atoms with Gasteiger partial charge in [-0.2, -0.15) is 0 Å². The second-order valence-corrected chi connectivity index (χ2v) is 6.51. The second kappa shape index (κ2) is 5.73. The van der Waals surface area contributed by atoms with E-state index in [1.807, 2.05) is 13.0 Å². The molecule has 112 valence electrons. The Hall–Kier alpha value is -1.47. The van der Waals surface area contributed by atoms with E-state index in [0.717, 1.165) is 5.56 Å². The molecule has 0 aliphatic carbocycles. The molecule has 0 unspecified atom stereocenters. The van der Waals surface area contributed by atoms with Gasteiger partial charge < -0.3 is 14.2 Å². The van der Waals surface area contributed by atoms with Crippen molar-refractivity contribution >= 4 is 34.2 Å². The molecule has 0 N–H and O–H groups in total. The fraction of sp³-hybridized carbons (Fsp3) is 0.429. The maximum Gasteiger partial charge on any atom is 0.241 e. The molecule has 0 spiro atoms. The van der Waals surface area contributed by atoms with Gasteiger partial charge in [0.2, 0.25) is 12.7 Å². The molecular formula is C14H15NO4S2. The van der Waals surface area contributed by atoms with Crippen LogP contribution in [0, 0.1) is 0 Å². The number of thiocarbonyl (C=S) groups is 1. The highest BCUT2D eigenvalue weighted by Crippen LogP contribution is 2.40. The fourth-order valence-corrected chi connectivity index (χ4v) is 4.08. The van der Waals surface area contributed by atoms with E-state index in [2.05, 4.69) is 0 Å². The van der Waals surface area contributed by atoms with Crippen LogP contribution >= 0.6 is 24.0 Å². The highest BCUT2D eigenvalue weighted by molar-refractivity contribution is 8.24. The number of fused-ring (bicyclic) bond motifs is 1. The number of benzene rings is 1. The summed E-state index contributed by atoms with van der Waals surface area (Å²) in [5, 5.41) is -0.202. The Bertz CT molecular complexity index is 605. The van der Waals surface area contributed by atoms with E-state index in [4.69, 9.17) is 26.4 Å². The van der Waals surface area contributed by atoms with Gasteiger partial charge in [0.05, 0.1) is 12.4 Å². The summed E-state index contributed by atoms with van der Waals surface area (Å²) in [6, 6.07) is 3.68. The number of carbonyl (C=O) groups excluding carboxylic acids is 1. The van der Waals surface area contributed by atoms with Gasteiger partial charge in [-0.05, 0) is 25.0 Å². The van der Waals surface area contributed by atoms with Crippen molar-refractivity contribution in [2.24, 2.45) is 0 Å². The maximum atomic E-state index is 12.3. The van der Waals surface area contributed by atoms with Crippen LogP contribution in [0.5, 0.6) is 17.2 Å². The van der Waals surface area contributed by atoms with Gasteiger partial charge in [-0.15, -0.1) is 0 Å². The lowest BCUT2D eigenvalue weighted by Crippen LogP contribution is -2.31. The zero-order valence-electron chi connectivity index (χ0n) is 11.8. The number of carbonyl (C=O) groups is 1. The Morgan fingerprint density at radius 3 is 2.76 bits per heavy atom. The minimum Gasteiger partial charge on any atom is -0.496 e. The van der Waals surface area contributed by atoms with Crippen LogP contribution in [0.25, 0.3) is 0 Å². The molecule has 2 aliphatic heterocycles. The van der Waals surface area contributed by atoms with E-state index < -0.39 is 0 Å². The van der Waals surface area contributed by atoms with Gasteiger partial charge in [0.1, 0.15) is 10.1 Å². The second-order valence-electron chi connectivity index (χ2n) is 4.68. The Morgan fingerprint density at radius 2 is 2.14 bits per heavy atom. The molecule has 1 fully saturated rings. The zero-order chi connectivity index (χ0) is 15.0. The molecule has 5 nitrogen and oxygen atoms in total. The van der Waals surface area contributed by atoms with Crippen molar-refractivity contribution in [2.45, 2.75) is 18.6 Å². The number of hydrogen-bond donors (Lipinski definition) is 0. The van der Waals surface area contributed by atoms with E-state index in [9.17, 15) is 4.79 Å². The average Bonchev–Trinajstić information content (AvgIpc) is 3.02. The summed E-state index contributed by atoms with van der Waals surface area (Å²) in [6.07, 6.45) is 0.556. The molecule has 1 atom stereocenters. The lowest BCUT2D eigenvalue weighted by molar-refractivity contribution is -0.125. The van der Waals surface area contributed by atoms with Crippen molar-refractivity contribution < 1.29 is 19.0 Å². The molecular weight excluding hydrogens is 310 g/mol. The van der Waals surface area contributed by atoms with Crippen LogP contribution in [0.3, 0.4) is 0 Å². The third kappa shape index (κ3) is 2.55. The van der Waals surface area contributed by atoms with E-state index >= 15 is 0 Å². The number of ether oxygens (including phenoxy) is 3. The molecule has 3 rings (SSSR count). The molecule has 1 aromatic carbocycles. The standard InChI is InChI=1S/C14H15NO4S2/c1-3-15-13(16)12(21-14(15)20)5-8-4-10-11(19-7-18-10)6-9(8)17-2/h4,6,12H,3,5,7H2,1-2H3/t12-/m1/s1. The molecule has 1 amide bonds. The van der Waals surface area contributed by atoms with Gasteiger partial charge in [0, 0.05) is 12.6 Å². The molecule has 7 heteroatoms. The molecule has 0 radical (unpaired) electrons. The Morgan fingerprint density at radius 1 is 1.43 bits per heavy atom. The number of amides is 1. The Balaban J connectivity index is 1.85.